The van der Waals surface area contributed by atoms with Crippen LogP contribution in [0.15, 0.2) is 0 Å². The van der Waals surface area contributed by atoms with Gasteiger partial charge in [0, 0.05) is 18.5 Å². The molecule has 0 bridgehead atoms. The Morgan fingerprint density at radius 3 is 2.91 bits per heavy atom. The van der Waals surface area contributed by atoms with Crippen molar-refractivity contribution in [3.63, 3.8) is 0 Å². The van der Waals surface area contributed by atoms with E-state index < -0.39 is 0 Å². The number of aliphatic hydroxyl groups excluding tert-OH is 1. The number of ether oxygens (including phenoxy) is 1. The number of rotatable bonds is 3. The monoisotopic (exact) mass is 324 g/mol. The highest BCUT2D eigenvalue weighted by molar-refractivity contribution is 7.11. The second kappa shape index (κ2) is 5.91. The molecule has 3 rings (SSSR count). The van der Waals surface area contributed by atoms with E-state index in [1.165, 1.54) is 0 Å². The van der Waals surface area contributed by atoms with Gasteiger partial charge in [-0.2, -0.15) is 0 Å². The van der Waals surface area contributed by atoms with Gasteiger partial charge in [0.2, 0.25) is 5.91 Å². The summed E-state index contributed by atoms with van der Waals surface area (Å²) in [6.45, 7) is 4.65. The van der Waals surface area contributed by atoms with E-state index in [4.69, 9.17) is 4.74 Å². The molecule has 1 aliphatic heterocycles. The average molecular weight is 324 g/mol. The first-order valence-corrected chi connectivity index (χ1v) is 8.72. The molecule has 1 aliphatic carbocycles. The standard InChI is InChI=1S/C16H24N2O3S/c1-10-13(22-11(2)17-10)9-15(20)18-7-6-16(21-3)5-4-12(19)8-14(16)18/h12,14,19H,4-9H2,1-3H3/t12-,14+,16-/m1/s1. The number of nitrogens with zero attached hydrogens (tertiary/aromatic N) is 2. The third kappa shape index (κ3) is 2.68. The third-order valence-electron chi connectivity index (χ3n) is 5.19. The molecule has 2 aliphatic rings. The molecule has 1 amide bonds. The van der Waals surface area contributed by atoms with Gasteiger partial charge >= 0.3 is 0 Å². The van der Waals surface area contributed by atoms with Crippen molar-refractivity contribution in [3.05, 3.63) is 15.6 Å². The molecular weight excluding hydrogens is 300 g/mol. The lowest BCUT2D eigenvalue weighted by Gasteiger charge is -2.42. The molecule has 2 fully saturated rings. The number of aryl methyl sites for hydroxylation is 2. The highest BCUT2D eigenvalue weighted by atomic mass is 32.1. The zero-order chi connectivity index (χ0) is 15.9. The fourth-order valence-corrected chi connectivity index (χ4v) is 4.88. The molecule has 3 atom stereocenters. The van der Waals surface area contributed by atoms with Crippen LogP contribution in [0.5, 0.6) is 0 Å². The number of aromatic nitrogens is 1. The van der Waals surface area contributed by atoms with Gasteiger partial charge in [0.1, 0.15) is 0 Å². The van der Waals surface area contributed by atoms with Crippen LogP contribution in [0.3, 0.4) is 0 Å². The summed E-state index contributed by atoms with van der Waals surface area (Å²) in [5.41, 5.74) is 0.699. The Labute approximate surface area is 135 Å². The molecule has 0 radical (unpaired) electrons. The maximum Gasteiger partial charge on any atom is 0.228 e. The maximum atomic E-state index is 12.8. The maximum absolute atomic E-state index is 12.8. The van der Waals surface area contributed by atoms with Gasteiger partial charge in [0.25, 0.3) is 0 Å². The van der Waals surface area contributed by atoms with Crippen LogP contribution in [-0.4, -0.2) is 52.3 Å². The summed E-state index contributed by atoms with van der Waals surface area (Å²) in [7, 11) is 1.73. The van der Waals surface area contributed by atoms with Crippen molar-refractivity contribution in [2.24, 2.45) is 0 Å². The Bertz CT molecular complexity index is 574. The molecule has 2 heterocycles. The van der Waals surface area contributed by atoms with E-state index in [-0.39, 0.29) is 23.7 Å². The topological polar surface area (TPSA) is 62.7 Å². The van der Waals surface area contributed by atoms with E-state index >= 15 is 0 Å². The van der Waals surface area contributed by atoms with Crippen LogP contribution in [0.4, 0.5) is 0 Å². The van der Waals surface area contributed by atoms with Crippen LogP contribution < -0.4 is 0 Å². The lowest BCUT2D eigenvalue weighted by atomic mass is 9.79. The number of fused-ring (bicyclic) bond motifs is 1. The Morgan fingerprint density at radius 1 is 1.50 bits per heavy atom. The van der Waals surface area contributed by atoms with Gasteiger partial charge in [-0.15, -0.1) is 11.3 Å². The quantitative estimate of drug-likeness (QED) is 0.921. The van der Waals surface area contributed by atoms with Gasteiger partial charge in [-0.05, 0) is 39.5 Å². The van der Waals surface area contributed by atoms with Crippen molar-refractivity contribution in [3.8, 4) is 0 Å². The molecule has 6 heteroatoms. The van der Waals surface area contributed by atoms with E-state index in [2.05, 4.69) is 4.98 Å². The van der Waals surface area contributed by atoms with Crippen LogP contribution in [0.1, 0.15) is 41.3 Å². The Morgan fingerprint density at radius 2 is 2.27 bits per heavy atom. The first-order valence-electron chi connectivity index (χ1n) is 7.91. The summed E-state index contributed by atoms with van der Waals surface area (Å²) in [4.78, 5) is 20.1. The van der Waals surface area contributed by atoms with Gasteiger partial charge in [0.05, 0.1) is 34.9 Å². The molecule has 1 saturated heterocycles. The molecular formula is C16H24N2O3S. The zero-order valence-electron chi connectivity index (χ0n) is 13.5. The SMILES string of the molecule is CO[C@@]12CC[C@@H](O)C[C@@H]1N(C(=O)Cc1sc(C)nc1C)CC2. The number of amides is 1. The van der Waals surface area contributed by atoms with Crippen LogP contribution in [-0.2, 0) is 16.0 Å². The number of hydrogen-bond donors (Lipinski definition) is 1. The van der Waals surface area contributed by atoms with Gasteiger partial charge in [-0.1, -0.05) is 0 Å². The molecule has 1 N–H and O–H groups in total. The summed E-state index contributed by atoms with van der Waals surface area (Å²) in [5.74, 6) is 0.129. The Hall–Kier alpha value is -0.980. The number of carbonyl (C=O) groups is 1. The third-order valence-corrected chi connectivity index (χ3v) is 6.27. The van der Waals surface area contributed by atoms with Crippen LogP contribution in [0.25, 0.3) is 0 Å². The summed E-state index contributed by atoms with van der Waals surface area (Å²) in [6, 6.07) is 0.00285. The number of carbonyl (C=O) groups excluding carboxylic acids is 1. The molecule has 122 valence electrons. The van der Waals surface area contributed by atoms with Crippen LogP contribution in [0, 0.1) is 13.8 Å². The second-order valence-corrected chi connectivity index (χ2v) is 7.76. The predicted molar refractivity (Wildman–Crippen MR) is 85.0 cm³/mol. The van der Waals surface area contributed by atoms with Crippen molar-refractivity contribution in [1.82, 2.24) is 9.88 Å². The van der Waals surface area contributed by atoms with E-state index in [0.29, 0.717) is 12.8 Å². The molecule has 1 saturated carbocycles. The van der Waals surface area contributed by atoms with Crippen molar-refractivity contribution in [1.29, 1.82) is 0 Å². The molecule has 1 aromatic heterocycles. The summed E-state index contributed by atoms with van der Waals surface area (Å²) in [6.07, 6.45) is 3.17. The summed E-state index contributed by atoms with van der Waals surface area (Å²) >= 11 is 1.60. The van der Waals surface area contributed by atoms with Gasteiger partial charge in [-0.3, -0.25) is 4.79 Å². The van der Waals surface area contributed by atoms with E-state index in [0.717, 1.165) is 41.4 Å². The minimum absolute atomic E-state index is 0.00285. The van der Waals surface area contributed by atoms with Crippen LogP contribution >= 0.6 is 11.3 Å². The van der Waals surface area contributed by atoms with Crippen molar-refractivity contribution >= 4 is 17.2 Å². The smallest absolute Gasteiger partial charge is 0.228 e. The average Bonchev–Trinajstić information content (AvgIpc) is 2.99. The molecule has 1 aromatic rings. The highest BCUT2D eigenvalue weighted by Gasteiger charge is 2.52. The Kier molecular flexibility index (Phi) is 4.27. The zero-order valence-corrected chi connectivity index (χ0v) is 14.3. The van der Waals surface area contributed by atoms with Crippen LogP contribution in [0.2, 0.25) is 0 Å². The highest BCUT2D eigenvalue weighted by Crippen LogP contribution is 2.42. The first kappa shape index (κ1) is 15.9. The number of methoxy groups -OCH3 is 1. The number of likely N-dealkylation sites (tertiary alicyclic amines) is 1. The van der Waals surface area contributed by atoms with E-state index in [1.807, 2.05) is 18.7 Å². The molecule has 5 nitrogen and oxygen atoms in total. The molecule has 0 spiro atoms. The summed E-state index contributed by atoms with van der Waals surface area (Å²) in [5, 5.41) is 11.0. The molecule has 0 aromatic carbocycles. The fraction of sp³-hybridized carbons (Fsp3) is 0.750. The molecule has 22 heavy (non-hydrogen) atoms. The van der Waals surface area contributed by atoms with Gasteiger partial charge in [-0.25, -0.2) is 4.98 Å². The van der Waals surface area contributed by atoms with Crippen molar-refractivity contribution < 1.29 is 14.6 Å². The largest absolute Gasteiger partial charge is 0.393 e. The normalized spacial score (nSPS) is 31.4. The minimum atomic E-state index is -0.325. The second-order valence-electron chi connectivity index (χ2n) is 6.47. The fourth-order valence-electron chi connectivity index (χ4n) is 3.95. The minimum Gasteiger partial charge on any atom is -0.393 e. The number of aliphatic hydroxyl groups is 1. The first-order chi connectivity index (χ1) is 10.4. The van der Waals surface area contributed by atoms with Gasteiger partial charge in [0.15, 0.2) is 0 Å². The predicted octanol–water partition coefficient (Wildman–Crippen LogP) is 1.83. The Balaban J connectivity index is 1.76. The number of hydrogen-bond acceptors (Lipinski definition) is 5. The van der Waals surface area contributed by atoms with E-state index in [1.54, 1.807) is 18.4 Å². The summed E-state index contributed by atoms with van der Waals surface area (Å²) < 4.78 is 5.79. The van der Waals surface area contributed by atoms with Crippen molar-refractivity contribution in [2.75, 3.05) is 13.7 Å². The number of thiazole rings is 1. The van der Waals surface area contributed by atoms with E-state index in [9.17, 15) is 9.90 Å². The van der Waals surface area contributed by atoms with Crippen molar-refractivity contribution in [2.45, 2.75) is 63.7 Å². The lowest BCUT2D eigenvalue weighted by molar-refractivity contribution is -0.139. The lowest BCUT2D eigenvalue weighted by Crippen LogP contribution is -2.53. The van der Waals surface area contributed by atoms with Gasteiger partial charge < -0.3 is 14.7 Å². The molecule has 0 unspecified atom stereocenters.